The minimum absolute atomic E-state index is 0.117. The first kappa shape index (κ1) is 15.5. The standard InChI is InChI=1S/C16H9ClN4O3/c17-12-7-11(21(22)23)5-6-13(12)19-9-10(8-18)16-20-14-3-1-2-4-15(14)24-16/h1-7,9,19H/b10-9+. The van der Waals surface area contributed by atoms with Crippen LogP contribution < -0.4 is 5.32 Å². The number of non-ortho nitro benzene ring substituents is 1. The zero-order chi connectivity index (χ0) is 17.1. The van der Waals surface area contributed by atoms with Gasteiger partial charge in [-0.3, -0.25) is 10.1 Å². The fraction of sp³-hybridized carbons (Fsp3) is 0. The predicted octanol–water partition coefficient (Wildman–Crippen LogP) is 4.37. The number of nitrogens with one attached hydrogen (secondary N) is 1. The molecule has 1 heterocycles. The van der Waals surface area contributed by atoms with E-state index >= 15 is 0 Å². The summed E-state index contributed by atoms with van der Waals surface area (Å²) in [5.41, 5.74) is 1.68. The van der Waals surface area contributed by atoms with E-state index in [4.69, 9.17) is 16.0 Å². The van der Waals surface area contributed by atoms with Gasteiger partial charge in [0.2, 0.25) is 5.89 Å². The molecule has 0 fully saturated rings. The van der Waals surface area contributed by atoms with Crippen LogP contribution >= 0.6 is 11.6 Å². The lowest BCUT2D eigenvalue weighted by molar-refractivity contribution is -0.384. The number of halogens is 1. The third kappa shape index (κ3) is 3.04. The second-order valence-corrected chi connectivity index (χ2v) is 5.13. The third-order valence-electron chi connectivity index (χ3n) is 3.18. The summed E-state index contributed by atoms with van der Waals surface area (Å²) < 4.78 is 5.53. The third-order valence-corrected chi connectivity index (χ3v) is 3.49. The number of para-hydroxylation sites is 2. The maximum Gasteiger partial charge on any atom is 0.271 e. The molecule has 0 saturated heterocycles. The number of nitrogens with zero attached hydrogens (tertiary/aromatic N) is 3. The van der Waals surface area contributed by atoms with Crippen LogP contribution in [0.2, 0.25) is 5.02 Å². The van der Waals surface area contributed by atoms with Crippen LogP contribution in [-0.2, 0) is 0 Å². The minimum Gasteiger partial charge on any atom is -0.435 e. The predicted molar refractivity (Wildman–Crippen MR) is 89.3 cm³/mol. The lowest BCUT2D eigenvalue weighted by Gasteiger charge is -2.03. The molecule has 24 heavy (non-hydrogen) atoms. The molecule has 2 aromatic carbocycles. The molecule has 0 amide bonds. The van der Waals surface area contributed by atoms with Crippen molar-refractivity contribution in [1.82, 2.24) is 4.98 Å². The van der Waals surface area contributed by atoms with Crippen molar-refractivity contribution in [1.29, 1.82) is 5.26 Å². The molecule has 0 atom stereocenters. The molecular formula is C16H9ClN4O3. The van der Waals surface area contributed by atoms with E-state index in [9.17, 15) is 15.4 Å². The number of anilines is 1. The normalized spacial score (nSPS) is 11.2. The van der Waals surface area contributed by atoms with E-state index in [2.05, 4.69) is 10.3 Å². The van der Waals surface area contributed by atoms with Gasteiger partial charge in [0.05, 0.1) is 15.6 Å². The van der Waals surface area contributed by atoms with E-state index in [-0.39, 0.29) is 22.2 Å². The fourth-order valence-corrected chi connectivity index (χ4v) is 2.24. The van der Waals surface area contributed by atoms with Crippen molar-refractivity contribution < 1.29 is 9.34 Å². The van der Waals surface area contributed by atoms with Gasteiger partial charge in [-0.2, -0.15) is 5.26 Å². The Bertz CT molecular complexity index is 971. The van der Waals surface area contributed by atoms with Crippen LogP contribution in [0.15, 0.2) is 53.1 Å². The smallest absolute Gasteiger partial charge is 0.271 e. The average molecular weight is 341 g/mol. The number of nitriles is 1. The SMILES string of the molecule is N#C/C(=C\Nc1ccc([N+](=O)[O-])cc1Cl)c1nc2ccccc2o1. The monoisotopic (exact) mass is 340 g/mol. The van der Waals surface area contributed by atoms with Crippen LogP contribution in [0, 0.1) is 21.4 Å². The molecule has 1 N–H and O–H groups in total. The Morgan fingerprint density at radius 2 is 2.17 bits per heavy atom. The van der Waals surface area contributed by atoms with E-state index < -0.39 is 4.92 Å². The summed E-state index contributed by atoms with van der Waals surface area (Å²) in [7, 11) is 0. The summed E-state index contributed by atoms with van der Waals surface area (Å²) in [4.78, 5) is 14.4. The van der Waals surface area contributed by atoms with Gasteiger partial charge in [-0.15, -0.1) is 0 Å². The number of nitro benzene ring substituents is 1. The largest absolute Gasteiger partial charge is 0.435 e. The Morgan fingerprint density at radius 1 is 1.38 bits per heavy atom. The summed E-state index contributed by atoms with van der Waals surface area (Å²) in [6.07, 6.45) is 1.39. The van der Waals surface area contributed by atoms with Gasteiger partial charge in [0.15, 0.2) is 5.58 Å². The molecule has 3 aromatic rings. The highest BCUT2D eigenvalue weighted by atomic mass is 35.5. The molecule has 0 radical (unpaired) electrons. The van der Waals surface area contributed by atoms with Crippen molar-refractivity contribution in [3.05, 3.63) is 69.7 Å². The van der Waals surface area contributed by atoms with Crippen LogP contribution in [0.3, 0.4) is 0 Å². The Kier molecular flexibility index (Phi) is 4.14. The topological polar surface area (TPSA) is 105 Å². The highest BCUT2D eigenvalue weighted by Gasteiger charge is 2.12. The summed E-state index contributed by atoms with van der Waals surface area (Å²) in [5.74, 6) is 0.171. The van der Waals surface area contributed by atoms with Gasteiger partial charge >= 0.3 is 0 Å². The summed E-state index contributed by atoms with van der Waals surface area (Å²) in [6.45, 7) is 0. The van der Waals surface area contributed by atoms with Crippen molar-refractivity contribution in [3.63, 3.8) is 0 Å². The lowest BCUT2D eigenvalue weighted by atomic mass is 10.2. The number of benzene rings is 2. The van der Waals surface area contributed by atoms with Gasteiger partial charge in [0, 0.05) is 18.3 Å². The highest BCUT2D eigenvalue weighted by Crippen LogP contribution is 2.27. The van der Waals surface area contributed by atoms with Gasteiger partial charge in [-0.1, -0.05) is 23.7 Å². The molecular weight excluding hydrogens is 332 g/mol. The summed E-state index contributed by atoms with van der Waals surface area (Å²) in [6, 6.07) is 13.1. The maximum absolute atomic E-state index is 10.7. The molecule has 118 valence electrons. The second-order valence-electron chi connectivity index (χ2n) is 4.72. The average Bonchev–Trinajstić information content (AvgIpc) is 3.00. The van der Waals surface area contributed by atoms with Gasteiger partial charge in [-0.25, -0.2) is 4.98 Å². The number of fused-ring (bicyclic) bond motifs is 1. The van der Waals surface area contributed by atoms with E-state index in [1.807, 2.05) is 18.2 Å². The molecule has 0 aliphatic carbocycles. The van der Waals surface area contributed by atoms with Gasteiger partial charge in [0.25, 0.3) is 5.69 Å². The maximum atomic E-state index is 10.7. The Labute approximate surface area is 140 Å². The van der Waals surface area contributed by atoms with Crippen LogP contribution in [-0.4, -0.2) is 9.91 Å². The number of hydrogen-bond donors (Lipinski definition) is 1. The van der Waals surface area contributed by atoms with Gasteiger partial charge in [-0.05, 0) is 18.2 Å². The lowest BCUT2D eigenvalue weighted by Crippen LogP contribution is -1.94. The molecule has 0 aliphatic heterocycles. The fourth-order valence-electron chi connectivity index (χ4n) is 2.01. The quantitative estimate of drug-likeness (QED) is 0.429. The van der Waals surface area contributed by atoms with E-state index in [1.54, 1.807) is 12.1 Å². The minimum atomic E-state index is -0.537. The van der Waals surface area contributed by atoms with Crippen molar-refractivity contribution in [2.24, 2.45) is 0 Å². The first-order chi connectivity index (χ1) is 11.6. The van der Waals surface area contributed by atoms with Crippen LogP contribution in [0.25, 0.3) is 16.7 Å². The molecule has 8 heteroatoms. The zero-order valence-corrected chi connectivity index (χ0v) is 12.8. The number of allylic oxidation sites excluding steroid dienone is 1. The molecule has 7 nitrogen and oxygen atoms in total. The molecule has 0 unspecified atom stereocenters. The van der Waals surface area contributed by atoms with E-state index in [0.717, 1.165) is 0 Å². The number of hydrogen-bond acceptors (Lipinski definition) is 6. The van der Waals surface area contributed by atoms with Gasteiger partial charge in [0.1, 0.15) is 17.2 Å². The molecule has 1 aromatic heterocycles. The van der Waals surface area contributed by atoms with E-state index in [0.29, 0.717) is 16.8 Å². The highest BCUT2D eigenvalue weighted by molar-refractivity contribution is 6.33. The van der Waals surface area contributed by atoms with E-state index in [1.165, 1.54) is 24.4 Å². The molecule has 0 saturated carbocycles. The first-order valence-corrected chi connectivity index (χ1v) is 7.13. The molecule has 0 bridgehead atoms. The number of rotatable bonds is 4. The summed E-state index contributed by atoms with van der Waals surface area (Å²) in [5, 5.41) is 23.0. The van der Waals surface area contributed by atoms with Crippen molar-refractivity contribution in [3.8, 4) is 6.07 Å². The number of aromatic nitrogens is 1. The summed E-state index contributed by atoms with van der Waals surface area (Å²) >= 11 is 5.99. The second kappa shape index (κ2) is 6.40. The molecule has 3 rings (SSSR count). The molecule has 0 spiro atoms. The Morgan fingerprint density at radius 3 is 2.83 bits per heavy atom. The van der Waals surface area contributed by atoms with Crippen molar-refractivity contribution in [2.75, 3.05) is 5.32 Å². The number of oxazole rings is 1. The zero-order valence-electron chi connectivity index (χ0n) is 12.1. The molecule has 0 aliphatic rings. The van der Waals surface area contributed by atoms with Crippen LogP contribution in [0.4, 0.5) is 11.4 Å². The van der Waals surface area contributed by atoms with Crippen molar-refractivity contribution in [2.45, 2.75) is 0 Å². The first-order valence-electron chi connectivity index (χ1n) is 6.75. The van der Waals surface area contributed by atoms with Crippen LogP contribution in [0.1, 0.15) is 5.89 Å². The Balaban J connectivity index is 1.89. The van der Waals surface area contributed by atoms with Gasteiger partial charge < -0.3 is 9.73 Å². The number of nitro groups is 1. The Hall–Kier alpha value is -3.37. The van der Waals surface area contributed by atoms with Crippen LogP contribution in [0.5, 0.6) is 0 Å². The van der Waals surface area contributed by atoms with Crippen molar-refractivity contribution >= 4 is 39.6 Å².